The fourth-order valence-electron chi connectivity index (χ4n) is 2.61. The van der Waals surface area contributed by atoms with Gasteiger partial charge in [-0.05, 0) is 43.0 Å². The first-order chi connectivity index (χ1) is 9.54. The molecule has 21 heavy (non-hydrogen) atoms. The van der Waals surface area contributed by atoms with Crippen LogP contribution >= 0.6 is 12.4 Å². The number of benzene rings is 1. The quantitative estimate of drug-likeness (QED) is 0.898. The second kappa shape index (κ2) is 8.37. The second-order valence-electron chi connectivity index (χ2n) is 5.97. The van der Waals surface area contributed by atoms with Gasteiger partial charge in [-0.25, -0.2) is 0 Å². The zero-order valence-electron chi connectivity index (χ0n) is 12.8. The van der Waals surface area contributed by atoms with E-state index >= 15 is 0 Å². The second-order valence-corrected chi connectivity index (χ2v) is 5.97. The fraction of sp³-hybridized carbons (Fsp3) is 0.562. The van der Waals surface area contributed by atoms with Crippen LogP contribution < -0.4 is 11.1 Å². The van der Waals surface area contributed by atoms with Crippen molar-refractivity contribution in [3.63, 3.8) is 0 Å². The number of halogens is 1. The molecular weight excluding hydrogens is 286 g/mol. The third-order valence-corrected chi connectivity index (χ3v) is 3.75. The average Bonchev–Trinajstić information content (AvgIpc) is 2.38. The van der Waals surface area contributed by atoms with E-state index in [0.29, 0.717) is 12.5 Å². The summed E-state index contributed by atoms with van der Waals surface area (Å²) in [4.78, 5) is 14.2. The Morgan fingerprint density at radius 3 is 2.90 bits per heavy atom. The molecule has 1 saturated heterocycles. The molecule has 1 unspecified atom stereocenters. The first kappa shape index (κ1) is 18.0. The molecule has 118 valence electrons. The zero-order chi connectivity index (χ0) is 14.5. The number of rotatable bonds is 4. The summed E-state index contributed by atoms with van der Waals surface area (Å²) >= 11 is 0. The normalized spacial score (nSPS) is 19.1. The van der Waals surface area contributed by atoms with Crippen molar-refractivity contribution in [2.45, 2.75) is 38.6 Å². The lowest BCUT2D eigenvalue weighted by atomic mass is 10.0. The number of anilines is 1. The number of carbonyl (C=O) groups excluding carboxylic acids is 1. The standard InChI is InChI=1S/C16H25N3O.ClH/c1-12(2)13-5-3-7-15(9-13)18-16(20)11-19-8-4-6-14(17)10-19;/h3,5,7,9,12,14H,4,6,8,10-11,17H2,1-2H3,(H,18,20);1H. The van der Waals surface area contributed by atoms with E-state index in [1.807, 2.05) is 18.2 Å². The van der Waals surface area contributed by atoms with Gasteiger partial charge in [0.15, 0.2) is 0 Å². The molecule has 1 aliphatic heterocycles. The van der Waals surface area contributed by atoms with Crippen molar-refractivity contribution in [2.24, 2.45) is 5.73 Å². The van der Waals surface area contributed by atoms with Gasteiger partial charge >= 0.3 is 0 Å². The van der Waals surface area contributed by atoms with Crippen molar-refractivity contribution in [3.8, 4) is 0 Å². The number of hydrogen-bond donors (Lipinski definition) is 2. The molecule has 1 aliphatic rings. The third kappa shape index (κ3) is 5.65. The van der Waals surface area contributed by atoms with Crippen molar-refractivity contribution in [3.05, 3.63) is 29.8 Å². The van der Waals surface area contributed by atoms with Crippen molar-refractivity contribution in [1.82, 2.24) is 4.90 Å². The number of nitrogens with two attached hydrogens (primary N) is 1. The fourth-order valence-corrected chi connectivity index (χ4v) is 2.61. The molecule has 1 amide bonds. The Morgan fingerprint density at radius 2 is 2.24 bits per heavy atom. The predicted molar refractivity (Wildman–Crippen MR) is 90.1 cm³/mol. The van der Waals surface area contributed by atoms with Crippen LogP contribution in [0.5, 0.6) is 0 Å². The molecule has 1 aromatic rings. The number of amides is 1. The number of carbonyl (C=O) groups is 1. The van der Waals surface area contributed by atoms with Crippen LogP contribution in [0.1, 0.15) is 38.2 Å². The Labute approximate surface area is 133 Å². The van der Waals surface area contributed by atoms with Crippen LogP contribution in [0.3, 0.4) is 0 Å². The highest BCUT2D eigenvalue weighted by atomic mass is 35.5. The van der Waals surface area contributed by atoms with Gasteiger partial charge in [-0.15, -0.1) is 12.4 Å². The van der Waals surface area contributed by atoms with Gasteiger partial charge in [0.05, 0.1) is 6.54 Å². The van der Waals surface area contributed by atoms with Crippen LogP contribution in [0.15, 0.2) is 24.3 Å². The SMILES string of the molecule is CC(C)c1cccc(NC(=O)CN2CCCC(N)C2)c1.Cl. The zero-order valence-corrected chi connectivity index (χ0v) is 13.7. The molecular formula is C16H26ClN3O. The van der Waals surface area contributed by atoms with E-state index in [4.69, 9.17) is 5.73 Å². The van der Waals surface area contributed by atoms with Crippen LogP contribution in [0, 0.1) is 0 Å². The maximum absolute atomic E-state index is 12.1. The minimum absolute atomic E-state index is 0. The highest BCUT2D eigenvalue weighted by Gasteiger charge is 2.18. The summed E-state index contributed by atoms with van der Waals surface area (Å²) in [5, 5.41) is 2.98. The summed E-state index contributed by atoms with van der Waals surface area (Å²) in [7, 11) is 0. The summed E-state index contributed by atoms with van der Waals surface area (Å²) in [5.41, 5.74) is 8.05. The largest absolute Gasteiger partial charge is 0.327 e. The van der Waals surface area contributed by atoms with Gasteiger partial charge in [-0.2, -0.15) is 0 Å². The number of nitrogens with one attached hydrogen (secondary N) is 1. The molecule has 1 heterocycles. The van der Waals surface area contributed by atoms with Crippen molar-refractivity contribution < 1.29 is 4.79 Å². The van der Waals surface area contributed by atoms with E-state index < -0.39 is 0 Å². The van der Waals surface area contributed by atoms with E-state index in [9.17, 15) is 4.79 Å². The summed E-state index contributed by atoms with van der Waals surface area (Å²) in [6.45, 7) is 6.51. The van der Waals surface area contributed by atoms with Crippen LogP contribution in [0.4, 0.5) is 5.69 Å². The molecule has 0 radical (unpaired) electrons. The van der Waals surface area contributed by atoms with Gasteiger partial charge in [0.25, 0.3) is 0 Å². The molecule has 0 saturated carbocycles. The molecule has 0 spiro atoms. The lowest BCUT2D eigenvalue weighted by Gasteiger charge is -2.29. The van der Waals surface area contributed by atoms with E-state index in [2.05, 4.69) is 30.1 Å². The molecule has 0 aromatic heterocycles. The Bertz CT molecular complexity index is 465. The predicted octanol–water partition coefficient (Wildman–Crippen LogP) is 2.59. The lowest BCUT2D eigenvalue weighted by molar-refractivity contribution is -0.117. The smallest absolute Gasteiger partial charge is 0.238 e. The van der Waals surface area contributed by atoms with Crippen molar-refractivity contribution in [1.29, 1.82) is 0 Å². The van der Waals surface area contributed by atoms with Gasteiger partial charge in [-0.3, -0.25) is 9.69 Å². The van der Waals surface area contributed by atoms with E-state index in [1.165, 1.54) is 5.56 Å². The monoisotopic (exact) mass is 311 g/mol. The third-order valence-electron chi connectivity index (χ3n) is 3.75. The van der Waals surface area contributed by atoms with Gasteiger partial charge < -0.3 is 11.1 Å². The molecule has 1 atom stereocenters. The number of likely N-dealkylation sites (tertiary alicyclic amines) is 1. The maximum Gasteiger partial charge on any atom is 0.238 e. The number of piperidine rings is 1. The maximum atomic E-state index is 12.1. The van der Waals surface area contributed by atoms with E-state index in [1.54, 1.807) is 0 Å². The van der Waals surface area contributed by atoms with Gasteiger partial charge in [0.1, 0.15) is 0 Å². The first-order valence-electron chi connectivity index (χ1n) is 7.42. The van der Waals surface area contributed by atoms with Crippen LogP contribution in [0.25, 0.3) is 0 Å². The molecule has 3 N–H and O–H groups in total. The summed E-state index contributed by atoms with van der Waals surface area (Å²) in [6.07, 6.45) is 2.14. The van der Waals surface area contributed by atoms with Gasteiger partial charge in [0.2, 0.25) is 5.91 Å². The summed E-state index contributed by atoms with van der Waals surface area (Å²) < 4.78 is 0. The minimum Gasteiger partial charge on any atom is -0.327 e. The van der Waals surface area contributed by atoms with Gasteiger partial charge in [0, 0.05) is 18.3 Å². The Hall–Kier alpha value is -1.10. The highest BCUT2D eigenvalue weighted by molar-refractivity contribution is 5.92. The summed E-state index contributed by atoms with van der Waals surface area (Å²) in [5.74, 6) is 0.506. The molecule has 1 aromatic carbocycles. The molecule has 0 bridgehead atoms. The van der Waals surface area contributed by atoms with E-state index in [-0.39, 0.29) is 24.4 Å². The topological polar surface area (TPSA) is 58.4 Å². The molecule has 0 aliphatic carbocycles. The Balaban J connectivity index is 0.00000220. The number of hydrogen-bond acceptors (Lipinski definition) is 3. The number of nitrogens with zero attached hydrogens (tertiary/aromatic N) is 1. The first-order valence-corrected chi connectivity index (χ1v) is 7.42. The summed E-state index contributed by atoms with van der Waals surface area (Å²) in [6, 6.07) is 8.27. The minimum atomic E-state index is 0. The highest BCUT2D eigenvalue weighted by Crippen LogP contribution is 2.18. The van der Waals surface area contributed by atoms with Crippen LogP contribution in [-0.2, 0) is 4.79 Å². The average molecular weight is 312 g/mol. The van der Waals surface area contributed by atoms with Crippen LogP contribution in [0.2, 0.25) is 0 Å². The van der Waals surface area contributed by atoms with Crippen molar-refractivity contribution >= 4 is 24.0 Å². The Kier molecular flexibility index (Phi) is 7.15. The lowest BCUT2D eigenvalue weighted by Crippen LogP contribution is -2.45. The van der Waals surface area contributed by atoms with Crippen LogP contribution in [-0.4, -0.2) is 36.5 Å². The van der Waals surface area contributed by atoms with E-state index in [0.717, 1.165) is 31.6 Å². The van der Waals surface area contributed by atoms with Gasteiger partial charge in [-0.1, -0.05) is 26.0 Å². The molecule has 4 nitrogen and oxygen atoms in total. The molecule has 5 heteroatoms. The molecule has 1 fully saturated rings. The Morgan fingerprint density at radius 1 is 1.48 bits per heavy atom. The molecule has 2 rings (SSSR count). The van der Waals surface area contributed by atoms with Crippen molar-refractivity contribution in [2.75, 3.05) is 25.0 Å².